The second kappa shape index (κ2) is 4.75. The molecule has 0 saturated heterocycles. The summed E-state index contributed by atoms with van der Waals surface area (Å²) in [5, 5.41) is 12.3. The highest BCUT2D eigenvalue weighted by atomic mass is 16.4. The Bertz CT molecular complexity index is 198. The third-order valence-electron chi connectivity index (χ3n) is 2.89. The van der Waals surface area contributed by atoms with Crippen molar-refractivity contribution in [1.82, 2.24) is 10.2 Å². The molecule has 1 aliphatic carbocycles. The maximum atomic E-state index is 11.1. The molecule has 1 fully saturated rings. The Balaban J connectivity index is 2.40. The monoisotopic (exact) mass is 200 g/mol. The molecule has 1 aliphatic rings. The molecular formula is C10H20N2O2. The quantitative estimate of drug-likeness (QED) is 0.680. The number of likely N-dealkylation sites (N-methyl/N-ethyl adjacent to an activating group) is 1. The third-order valence-corrected chi connectivity index (χ3v) is 2.89. The molecule has 0 amide bonds. The lowest BCUT2D eigenvalue weighted by Gasteiger charge is -2.26. The lowest BCUT2D eigenvalue weighted by molar-refractivity contribution is -0.144. The summed E-state index contributed by atoms with van der Waals surface area (Å²) < 4.78 is 0. The number of carboxylic acid groups (broad SMARTS) is 1. The smallest absolute Gasteiger partial charge is 0.323 e. The van der Waals surface area contributed by atoms with E-state index in [4.69, 9.17) is 5.11 Å². The van der Waals surface area contributed by atoms with Crippen molar-refractivity contribution in [2.24, 2.45) is 0 Å². The Morgan fingerprint density at radius 1 is 1.43 bits per heavy atom. The second-order valence-corrected chi connectivity index (χ2v) is 4.32. The van der Waals surface area contributed by atoms with Gasteiger partial charge in [0.2, 0.25) is 0 Å². The van der Waals surface area contributed by atoms with Crippen LogP contribution in [0.5, 0.6) is 0 Å². The summed E-state index contributed by atoms with van der Waals surface area (Å²) in [5.74, 6) is -0.686. The zero-order valence-corrected chi connectivity index (χ0v) is 9.05. The highest BCUT2D eigenvalue weighted by Crippen LogP contribution is 2.29. The summed E-state index contributed by atoms with van der Waals surface area (Å²) in [6.45, 7) is 1.63. The highest BCUT2D eigenvalue weighted by Gasteiger charge is 2.40. The minimum absolute atomic E-state index is 0.629. The predicted molar refractivity (Wildman–Crippen MR) is 55.4 cm³/mol. The first kappa shape index (κ1) is 11.5. The fourth-order valence-electron chi connectivity index (χ4n) is 1.96. The van der Waals surface area contributed by atoms with E-state index in [9.17, 15) is 4.79 Å². The molecule has 0 radical (unpaired) electrons. The molecule has 0 heterocycles. The Morgan fingerprint density at radius 2 is 2.00 bits per heavy atom. The maximum Gasteiger partial charge on any atom is 0.323 e. The van der Waals surface area contributed by atoms with E-state index in [-0.39, 0.29) is 0 Å². The van der Waals surface area contributed by atoms with Gasteiger partial charge in [-0.3, -0.25) is 4.79 Å². The van der Waals surface area contributed by atoms with Crippen LogP contribution in [0.3, 0.4) is 0 Å². The van der Waals surface area contributed by atoms with E-state index in [2.05, 4.69) is 10.2 Å². The van der Waals surface area contributed by atoms with Crippen LogP contribution < -0.4 is 5.32 Å². The number of carboxylic acids is 1. The molecule has 4 nitrogen and oxygen atoms in total. The number of nitrogens with one attached hydrogen (secondary N) is 1. The SMILES string of the molecule is CN(C)CCNC1(C(=O)O)CCCC1. The van der Waals surface area contributed by atoms with Gasteiger partial charge in [0, 0.05) is 13.1 Å². The molecule has 0 aliphatic heterocycles. The van der Waals surface area contributed by atoms with E-state index >= 15 is 0 Å². The van der Waals surface area contributed by atoms with Crippen LogP contribution in [0.15, 0.2) is 0 Å². The number of carbonyl (C=O) groups is 1. The fourth-order valence-corrected chi connectivity index (χ4v) is 1.96. The molecule has 0 aromatic carbocycles. The Kier molecular flexibility index (Phi) is 3.89. The Morgan fingerprint density at radius 3 is 2.43 bits per heavy atom. The lowest BCUT2D eigenvalue weighted by Crippen LogP contribution is -2.51. The number of nitrogens with zero attached hydrogens (tertiary/aromatic N) is 1. The standard InChI is InChI=1S/C10H20N2O2/c1-12(2)8-7-11-10(9(13)14)5-3-4-6-10/h11H,3-8H2,1-2H3,(H,13,14). The number of hydrogen-bond acceptors (Lipinski definition) is 3. The minimum Gasteiger partial charge on any atom is -0.480 e. The minimum atomic E-state index is -0.686. The van der Waals surface area contributed by atoms with Gasteiger partial charge >= 0.3 is 5.97 Å². The summed E-state index contributed by atoms with van der Waals surface area (Å²) in [4.78, 5) is 13.2. The normalized spacial score (nSPS) is 20.2. The maximum absolute atomic E-state index is 11.1. The molecule has 0 aromatic rings. The van der Waals surface area contributed by atoms with Crippen molar-refractivity contribution in [3.05, 3.63) is 0 Å². The van der Waals surface area contributed by atoms with Crippen LogP contribution in [-0.4, -0.2) is 48.7 Å². The van der Waals surface area contributed by atoms with Crippen molar-refractivity contribution in [1.29, 1.82) is 0 Å². The van der Waals surface area contributed by atoms with E-state index in [1.165, 1.54) is 0 Å². The van der Waals surface area contributed by atoms with E-state index < -0.39 is 11.5 Å². The van der Waals surface area contributed by atoms with Gasteiger partial charge in [-0.1, -0.05) is 12.8 Å². The van der Waals surface area contributed by atoms with Gasteiger partial charge < -0.3 is 15.3 Å². The van der Waals surface area contributed by atoms with Gasteiger partial charge in [0.05, 0.1) is 0 Å². The fraction of sp³-hybridized carbons (Fsp3) is 0.900. The molecule has 0 spiro atoms. The zero-order valence-electron chi connectivity index (χ0n) is 9.05. The molecule has 14 heavy (non-hydrogen) atoms. The molecule has 0 atom stereocenters. The largest absolute Gasteiger partial charge is 0.480 e. The Labute approximate surface area is 85.3 Å². The van der Waals surface area contributed by atoms with E-state index in [0.29, 0.717) is 0 Å². The van der Waals surface area contributed by atoms with Crippen LogP contribution >= 0.6 is 0 Å². The molecule has 0 aromatic heterocycles. The summed E-state index contributed by atoms with van der Waals surface area (Å²) >= 11 is 0. The molecule has 1 rings (SSSR count). The summed E-state index contributed by atoms with van der Waals surface area (Å²) in [6.07, 6.45) is 3.61. The second-order valence-electron chi connectivity index (χ2n) is 4.32. The molecule has 4 heteroatoms. The highest BCUT2D eigenvalue weighted by molar-refractivity contribution is 5.79. The van der Waals surface area contributed by atoms with Crippen molar-refractivity contribution in [3.8, 4) is 0 Å². The van der Waals surface area contributed by atoms with Crippen molar-refractivity contribution in [3.63, 3.8) is 0 Å². The third kappa shape index (κ3) is 2.69. The molecular weight excluding hydrogens is 180 g/mol. The van der Waals surface area contributed by atoms with Crippen LogP contribution in [-0.2, 0) is 4.79 Å². The predicted octanol–water partition coefficient (Wildman–Crippen LogP) is 0.535. The van der Waals surface area contributed by atoms with Crippen molar-refractivity contribution in [2.45, 2.75) is 31.2 Å². The van der Waals surface area contributed by atoms with Crippen LogP contribution in [0.1, 0.15) is 25.7 Å². The van der Waals surface area contributed by atoms with Gasteiger partial charge in [-0.25, -0.2) is 0 Å². The molecule has 82 valence electrons. The van der Waals surface area contributed by atoms with Gasteiger partial charge in [0.1, 0.15) is 5.54 Å². The van der Waals surface area contributed by atoms with Crippen molar-refractivity contribution in [2.75, 3.05) is 27.2 Å². The van der Waals surface area contributed by atoms with Gasteiger partial charge in [0.15, 0.2) is 0 Å². The first-order valence-corrected chi connectivity index (χ1v) is 5.20. The lowest BCUT2D eigenvalue weighted by atomic mass is 9.98. The number of hydrogen-bond donors (Lipinski definition) is 2. The average molecular weight is 200 g/mol. The van der Waals surface area contributed by atoms with Gasteiger partial charge in [-0.15, -0.1) is 0 Å². The average Bonchev–Trinajstić information content (AvgIpc) is 2.53. The van der Waals surface area contributed by atoms with Gasteiger partial charge in [0.25, 0.3) is 0 Å². The van der Waals surface area contributed by atoms with Crippen LogP contribution in [0.2, 0.25) is 0 Å². The van der Waals surface area contributed by atoms with Gasteiger partial charge in [-0.2, -0.15) is 0 Å². The summed E-state index contributed by atoms with van der Waals surface area (Å²) in [5.41, 5.74) is -0.629. The number of rotatable bonds is 5. The zero-order chi connectivity index (χ0) is 10.6. The number of aliphatic carboxylic acids is 1. The van der Waals surface area contributed by atoms with Gasteiger partial charge in [-0.05, 0) is 26.9 Å². The van der Waals surface area contributed by atoms with E-state index in [1.807, 2.05) is 14.1 Å². The molecule has 1 saturated carbocycles. The summed E-state index contributed by atoms with van der Waals surface area (Å²) in [7, 11) is 3.98. The van der Waals surface area contributed by atoms with Crippen LogP contribution in [0.25, 0.3) is 0 Å². The molecule has 0 unspecified atom stereocenters. The first-order valence-electron chi connectivity index (χ1n) is 5.20. The van der Waals surface area contributed by atoms with Crippen molar-refractivity contribution >= 4 is 5.97 Å². The van der Waals surface area contributed by atoms with Crippen LogP contribution in [0, 0.1) is 0 Å². The first-order chi connectivity index (χ1) is 6.57. The Hall–Kier alpha value is -0.610. The van der Waals surface area contributed by atoms with E-state index in [1.54, 1.807) is 0 Å². The van der Waals surface area contributed by atoms with E-state index in [0.717, 1.165) is 38.8 Å². The summed E-state index contributed by atoms with van der Waals surface area (Å²) in [6, 6.07) is 0. The van der Waals surface area contributed by atoms with Crippen LogP contribution in [0.4, 0.5) is 0 Å². The topological polar surface area (TPSA) is 52.6 Å². The molecule has 2 N–H and O–H groups in total. The van der Waals surface area contributed by atoms with Crippen molar-refractivity contribution < 1.29 is 9.90 Å². The molecule has 0 bridgehead atoms.